The van der Waals surface area contributed by atoms with Crippen LogP contribution in [0, 0.1) is 0 Å². The average Bonchev–Trinajstić information content (AvgIpc) is 2.42. The Morgan fingerprint density at radius 3 is 2.68 bits per heavy atom. The molecule has 0 atom stereocenters. The third kappa shape index (κ3) is 2.17. The van der Waals surface area contributed by atoms with Crippen molar-refractivity contribution in [2.45, 2.75) is 24.8 Å². The summed E-state index contributed by atoms with van der Waals surface area (Å²) >= 11 is 0. The molecule has 0 spiro atoms. The number of carbonyl (C=O) groups is 1. The van der Waals surface area contributed by atoms with Crippen LogP contribution in [0.2, 0.25) is 0 Å². The summed E-state index contributed by atoms with van der Waals surface area (Å²) in [5, 5.41) is 12.2. The van der Waals surface area contributed by atoms with Gasteiger partial charge in [-0.15, -0.1) is 0 Å². The summed E-state index contributed by atoms with van der Waals surface area (Å²) in [5.74, 6) is -0.271. The number of hydrogen-bond donors (Lipinski definition) is 2. The number of fused-ring (bicyclic) bond motifs is 1. The SMILES string of the molecule is O=C(NC1(CO)CCC1)c1cnc2ccccc2n1. The number of hydrogen-bond acceptors (Lipinski definition) is 4. The standard InChI is InChI=1S/C14H15N3O2/c18-9-14(6-3-7-14)17-13(19)12-8-15-10-4-1-2-5-11(10)16-12/h1-2,4-5,8,18H,3,6-7,9H2,(H,17,19). The third-order valence-electron chi connectivity index (χ3n) is 3.67. The molecule has 1 fully saturated rings. The molecule has 0 radical (unpaired) electrons. The number of aliphatic hydroxyl groups is 1. The lowest BCUT2D eigenvalue weighted by Crippen LogP contribution is -2.56. The predicted molar refractivity (Wildman–Crippen MR) is 70.7 cm³/mol. The Labute approximate surface area is 110 Å². The zero-order chi connectivity index (χ0) is 13.3. The van der Waals surface area contributed by atoms with Crippen molar-refractivity contribution in [1.82, 2.24) is 15.3 Å². The summed E-state index contributed by atoms with van der Waals surface area (Å²) in [5.41, 5.74) is 1.30. The second-order valence-electron chi connectivity index (χ2n) is 4.99. The van der Waals surface area contributed by atoms with E-state index in [9.17, 15) is 9.90 Å². The highest BCUT2D eigenvalue weighted by Crippen LogP contribution is 2.31. The zero-order valence-electron chi connectivity index (χ0n) is 10.5. The van der Waals surface area contributed by atoms with E-state index in [0.717, 1.165) is 24.8 Å². The maximum absolute atomic E-state index is 12.1. The summed E-state index contributed by atoms with van der Waals surface area (Å²) < 4.78 is 0. The van der Waals surface area contributed by atoms with Gasteiger partial charge >= 0.3 is 0 Å². The van der Waals surface area contributed by atoms with Crippen LogP contribution in [0.5, 0.6) is 0 Å². The molecule has 2 aromatic rings. The second-order valence-corrected chi connectivity index (χ2v) is 4.99. The van der Waals surface area contributed by atoms with Gasteiger partial charge in [-0.2, -0.15) is 0 Å². The van der Waals surface area contributed by atoms with Crippen molar-refractivity contribution < 1.29 is 9.90 Å². The molecule has 0 unspecified atom stereocenters. The van der Waals surface area contributed by atoms with Gasteiger partial charge in [0, 0.05) is 0 Å². The number of aromatic nitrogens is 2. The minimum atomic E-state index is -0.454. The number of para-hydroxylation sites is 2. The van der Waals surface area contributed by atoms with Gasteiger partial charge in [0.15, 0.2) is 0 Å². The van der Waals surface area contributed by atoms with E-state index in [1.807, 2.05) is 24.3 Å². The van der Waals surface area contributed by atoms with E-state index < -0.39 is 5.54 Å². The lowest BCUT2D eigenvalue weighted by atomic mass is 9.77. The Morgan fingerprint density at radius 1 is 1.32 bits per heavy atom. The normalized spacial score (nSPS) is 16.9. The summed E-state index contributed by atoms with van der Waals surface area (Å²) in [6.45, 7) is -0.0280. The Morgan fingerprint density at radius 2 is 2.05 bits per heavy atom. The molecule has 1 heterocycles. The number of nitrogens with zero attached hydrogens (tertiary/aromatic N) is 2. The molecule has 19 heavy (non-hydrogen) atoms. The van der Waals surface area contributed by atoms with Gasteiger partial charge in [0.2, 0.25) is 0 Å². The quantitative estimate of drug-likeness (QED) is 0.868. The molecule has 1 amide bonds. The molecule has 0 bridgehead atoms. The Balaban J connectivity index is 1.85. The number of rotatable bonds is 3. The minimum absolute atomic E-state index is 0.0280. The molecule has 1 aliphatic carbocycles. The van der Waals surface area contributed by atoms with Crippen LogP contribution >= 0.6 is 0 Å². The Bertz CT molecular complexity index is 617. The van der Waals surface area contributed by atoms with Crippen LogP contribution in [0.4, 0.5) is 0 Å². The van der Waals surface area contributed by atoms with E-state index in [4.69, 9.17) is 0 Å². The van der Waals surface area contributed by atoms with Crippen LogP contribution in [-0.2, 0) is 0 Å². The first kappa shape index (κ1) is 12.0. The van der Waals surface area contributed by atoms with Crippen molar-refractivity contribution in [1.29, 1.82) is 0 Å². The van der Waals surface area contributed by atoms with Crippen LogP contribution < -0.4 is 5.32 Å². The zero-order valence-corrected chi connectivity index (χ0v) is 10.5. The van der Waals surface area contributed by atoms with Crippen molar-refractivity contribution in [3.63, 3.8) is 0 Å². The molecule has 0 saturated heterocycles. The summed E-state index contributed by atoms with van der Waals surface area (Å²) in [7, 11) is 0. The lowest BCUT2D eigenvalue weighted by molar-refractivity contribution is 0.0637. The van der Waals surface area contributed by atoms with Crippen LogP contribution in [0.15, 0.2) is 30.5 Å². The van der Waals surface area contributed by atoms with E-state index in [2.05, 4.69) is 15.3 Å². The number of nitrogens with one attached hydrogen (secondary N) is 1. The smallest absolute Gasteiger partial charge is 0.272 e. The van der Waals surface area contributed by atoms with Gasteiger partial charge in [0.05, 0.1) is 29.4 Å². The number of benzene rings is 1. The van der Waals surface area contributed by atoms with E-state index in [-0.39, 0.29) is 12.5 Å². The first-order chi connectivity index (χ1) is 9.22. The van der Waals surface area contributed by atoms with Gasteiger partial charge in [-0.25, -0.2) is 4.98 Å². The van der Waals surface area contributed by atoms with E-state index in [1.165, 1.54) is 6.20 Å². The van der Waals surface area contributed by atoms with Crippen molar-refractivity contribution in [3.05, 3.63) is 36.2 Å². The average molecular weight is 257 g/mol. The molecule has 0 aliphatic heterocycles. The highest BCUT2D eigenvalue weighted by Gasteiger charge is 2.38. The highest BCUT2D eigenvalue weighted by atomic mass is 16.3. The van der Waals surface area contributed by atoms with Crippen LogP contribution in [0.1, 0.15) is 29.8 Å². The molecular formula is C14H15N3O2. The fraction of sp³-hybridized carbons (Fsp3) is 0.357. The van der Waals surface area contributed by atoms with Gasteiger partial charge in [0.1, 0.15) is 5.69 Å². The molecule has 5 heteroatoms. The largest absolute Gasteiger partial charge is 0.394 e. The number of carbonyl (C=O) groups excluding carboxylic acids is 1. The third-order valence-corrected chi connectivity index (χ3v) is 3.67. The molecule has 3 rings (SSSR count). The summed E-state index contributed by atoms with van der Waals surface area (Å²) in [6.07, 6.45) is 4.14. The van der Waals surface area contributed by atoms with Gasteiger partial charge in [-0.3, -0.25) is 9.78 Å². The topological polar surface area (TPSA) is 75.1 Å². The number of aliphatic hydroxyl groups excluding tert-OH is 1. The summed E-state index contributed by atoms with van der Waals surface area (Å²) in [6, 6.07) is 7.42. The fourth-order valence-electron chi connectivity index (χ4n) is 2.30. The Hall–Kier alpha value is -2.01. The van der Waals surface area contributed by atoms with Crippen LogP contribution in [0.3, 0.4) is 0 Å². The van der Waals surface area contributed by atoms with Crippen LogP contribution in [-0.4, -0.2) is 33.1 Å². The molecular weight excluding hydrogens is 242 g/mol. The van der Waals surface area contributed by atoms with Gasteiger partial charge in [-0.1, -0.05) is 12.1 Å². The molecule has 1 aromatic heterocycles. The highest BCUT2D eigenvalue weighted by molar-refractivity contribution is 5.94. The molecule has 5 nitrogen and oxygen atoms in total. The predicted octanol–water partition coefficient (Wildman–Crippen LogP) is 1.27. The maximum Gasteiger partial charge on any atom is 0.272 e. The van der Waals surface area contributed by atoms with Crippen molar-refractivity contribution in [2.75, 3.05) is 6.61 Å². The van der Waals surface area contributed by atoms with Gasteiger partial charge in [0.25, 0.3) is 5.91 Å². The monoisotopic (exact) mass is 257 g/mol. The van der Waals surface area contributed by atoms with Gasteiger partial charge < -0.3 is 10.4 Å². The fourth-order valence-corrected chi connectivity index (χ4v) is 2.30. The van der Waals surface area contributed by atoms with Crippen molar-refractivity contribution in [3.8, 4) is 0 Å². The molecule has 2 N–H and O–H groups in total. The van der Waals surface area contributed by atoms with E-state index in [1.54, 1.807) is 0 Å². The number of amides is 1. The molecule has 98 valence electrons. The first-order valence-electron chi connectivity index (χ1n) is 6.38. The molecule has 1 saturated carbocycles. The summed E-state index contributed by atoms with van der Waals surface area (Å²) in [4.78, 5) is 20.6. The second kappa shape index (κ2) is 4.59. The first-order valence-corrected chi connectivity index (χ1v) is 6.38. The molecule has 1 aliphatic rings. The molecule has 1 aromatic carbocycles. The van der Waals surface area contributed by atoms with Gasteiger partial charge in [-0.05, 0) is 31.4 Å². The maximum atomic E-state index is 12.1. The van der Waals surface area contributed by atoms with Crippen molar-refractivity contribution in [2.24, 2.45) is 0 Å². The van der Waals surface area contributed by atoms with Crippen molar-refractivity contribution >= 4 is 16.9 Å². The Kier molecular flexibility index (Phi) is 2.91. The van der Waals surface area contributed by atoms with E-state index >= 15 is 0 Å². The van der Waals surface area contributed by atoms with E-state index in [0.29, 0.717) is 11.2 Å². The van der Waals surface area contributed by atoms with Crippen LogP contribution in [0.25, 0.3) is 11.0 Å². The lowest BCUT2D eigenvalue weighted by Gasteiger charge is -2.40. The minimum Gasteiger partial charge on any atom is -0.394 e.